The monoisotopic (exact) mass is 276 g/mol. The number of anilines is 2. The lowest BCUT2D eigenvalue weighted by atomic mass is 10.2. The number of carbonyl (C=O) groups excluding carboxylic acids is 1. The topological polar surface area (TPSA) is 60.5 Å². The number of hydrogen-bond acceptors (Lipinski definition) is 6. The summed E-state index contributed by atoms with van der Waals surface area (Å²) in [7, 11) is 0. The summed E-state index contributed by atoms with van der Waals surface area (Å²) < 4.78 is 11.0. The Morgan fingerprint density at radius 1 is 1.32 bits per heavy atom. The molecule has 0 atom stereocenters. The third-order valence-corrected chi connectivity index (χ3v) is 3.42. The van der Waals surface area contributed by atoms with Gasteiger partial charge in [0.2, 0.25) is 0 Å². The molecule has 0 saturated heterocycles. The molecule has 2 heterocycles. The van der Waals surface area contributed by atoms with E-state index >= 15 is 0 Å². The first-order valence-corrected chi connectivity index (χ1v) is 6.73. The van der Waals surface area contributed by atoms with Crippen molar-refractivity contribution in [3.63, 3.8) is 0 Å². The predicted octanol–water partition coefficient (Wildman–Crippen LogP) is 2.86. The molecular weight excluding hydrogens is 264 g/mol. The largest absolute Gasteiger partial charge is 0.486 e. The molecule has 0 bridgehead atoms. The van der Waals surface area contributed by atoms with Crippen LogP contribution in [0.25, 0.3) is 0 Å². The van der Waals surface area contributed by atoms with E-state index in [0.29, 0.717) is 24.0 Å². The molecule has 0 fully saturated rings. The first-order chi connectivity index (χ1) is 9.22. The number of aromatic nitrogens is 1. The lowest BCUT2D eigenvalue weighted by Gasteiger charge is -2.18. The Morgan fingerprint density at radius 2 is 2.11 bits per heavy atom. The number of nitrogens with zero attached hydrogens (tertiary/aromatic N) is 1. The standard InChI is InChI=1S/C13H12N2O3S/c1-8(16)10-7-19-13(15-10)14-9-2-3-11-12(6-9)18-5-4-17-11/h2-3,6-7H,4-5H2,1H3,(H,14,15). The van der Waals surface area contributed by atoms with Gasteiger partial charge >= 0.3 is 0 Å². The summed E-state index contributed by atoms with van der Waals surface area (Å²) >= 11 is 1.39. The molecule has 2 aromatic rings. The third-order valence-electron chi connectivity index (χ3n) is 2.66. The number of benzene rings is 1. The van der Waals surface area contributed by atoms with Crippen molar-refractivity contribution in [2.75, 3.05) is 18.5 Å². The van der Waals surface area contributed by atoms with E-state index in [4.69, 9.17) is 9.47 Å². The van der Waals surface area contributed by atoms with E-state index < -0.39 is 0 Å². The van der Waals surface area contributed by atoms with Gasteiger partial charge in [0, 0.05) is 24.1 Å². The Labute approximate surface area is 114 Å². The van der Waals surface area contributed by atoms with Crippen molar-refractivity contribution < 1.29 is 14.3 Å². The fourth-order valence-electron chi connectivity index (χ4n) is 1.74. The van der Waals surface area contributed by atoms with Crippen LogP contribution in [0, 0.1) is 0 Å². The second-order valence-corrected chi connectivity index (χ2v) is 4.94. The Balaban J connectivity index is 1.80. The zero-order chi connectivity index (χ0) is 13.2. The van der Waals surface area contributed by atoms with E-state index in [-0.39, 0.29) is 5.78 Å². The van der Waals surface area contributed by atoms with Crippen molar-refractivity contribution in [3.05, 3.63) is 29.3 Å². The number of ketones is 1. The fraction of sp³-hybridized carbons (Fsp3) is 0.231. The molecule has 1 aromatic carbocycles. The van der Waals surface area contributed by atoms with Crippen LogP contribution in [0.5, 0.6) is 11.5 Å². The minimum absolute atomic E-state index is 0.0357. The highest BCUT2D eigenvalue weighted by Gasteiger charge is 2.12. The number of nitrogens with one attached hydrogen (secondary N) is 1. The average molecular weight is 276 g/mol. The number of Topliss-reactive ketones (excluding diaryl/α,β-unsaturated/α-hetero) is 1. The average Bonchev–Trinajstić information content (AvgIpc) is 2.87. The van der Waals surface area contributed by atoms with Gasteiger partial charge in [0.15, 0.2) is 22.4 Å². The van der Waals surface area contributed by atoms with Gasteiger partial charge in [0.25, 0.3) is 0 Å². The van der Waals surface area contributed by atoms with Gasteiger partial charge in [-0.15, -0.1) is 11.3 Å². The molecule has 0 amide bonds. The van der Waals surface area contributed by atoms with Crippen molar-refractivity contribution in [2.24, 2.45) is 0 Å². The van der Waals surface area contributed by atoms with E-state index in [9.17, 15) is 4.79 Å². The second-order valence-electron chi connectivity index (χ2n) is 4.08. The second kappa shape index (κ2) is 4.89. The van der Waals surface area contributed by atoms with Crippen LogP contribution in [-0.4, -0.2) is 24.0 Å². The number of rotatable bonds is 3. The smallest absolute Gasteiger partial charge is 0.187 e. The number of thiazole rings is 1. The Bertz CT molecular complexity index is 624. The predicted molar refractivity (Wildman–Crippen MR) is 72.8 cm³/mol. The number of ether oxygens (including phenoxy) is 2. The highest BCUT2D eigenvalue weighted by molar-refractivity contribution is 7.14. The molecule has 1 N–H and O–H groups in total. The van der Waals surface area contributed by atoms with E-state index in [1.165, 1.54) is 18.3 Å². The van der Waals surface area contributed by atoms with E-state index in [2.05, 4.69) is 10.3 Å². The highest BCUT2D eigenvalue weighted by Crippen LogP contribution is 2.34. The summed E-state index contributed by atoms with van der Waals surface area (Å²) in [6.07, 6.45) is 0. The maximum atomic E-state index is 11.2. The van der Waals surface area contributed by atoms with Gasteiger partial charge in [0.1, 0.15) is 18.9 Å². The van der Waals surface area contributed by atoms with Crippen LogP contribution in [0.3, 0.4) is 0 Å². The first kappa shape index (κ1) is 12.0. The van der Waals surface area contributed by atoms with E-state index in [1.54, 1.807) is 5.38 Å². The van der Waals surface area contributed by atoms with Crippen molar-refractivity contribution >= 4 is 27.9 Å². The summed E-state index contributed by atoms with van der Waals surface area (Å²) in [6.45, 7) is 2.64. The zero-order valence-electron chi connectivity index (χ0n) is 10.3. The molecule has 19 heavy (non-hydrogen) atoms. The molecule has 1 aliphatic heterocycles. The third kappa shape index (κ3) is 2.53. The van der Waals surface area contributed by atoms with Crippen molar-refractivity contribution in [1.82, 2.24) is 4.98 Å². The molecule has 0 unspecified atom stereocenters. The summed E-state index contributed by atoms with van der Waals surface area (Å²) in [5.41, 5.74) is 1.33. The Hall–Kier alpha value is -2.08. The lowest BCUT2D eigenvalue weighted by Crippen LogP contribution is -2.15. The normalized spacial score (nSPS) is 13.1. The Kier molecular flexibility index (Phi) is 3.08. The molecular formula is C13H12N2O3S. The molecule has 0 radical (unpaired) electrons. The van der Waals surface area contributed by atoms with Crippen molar-refractivity contribution in [3.8, 4) is 11.5 Å². The van der Waals surface area contributed by atoms with Crippen LogP contribution in [0.15, 0.2) is 23.6 Å². The molecule has 0 spiro atoms. The molecule has 98 valence electrons. The molecule has 0 aliphatic carbocycles. The molecule has 3 rings (SSSR count). The number of carbonyl (C=O) groups is 1. The van der Waals surface area contributed by atoms with Crippen molar-refractivity contribution in [1.29, 1.82) is 0 Å². The van der Waals surface area contributed by atoms with Gasteiger partial charge in [0.05, 0.1) is 0 Å². The molecule has 5 nitrogen and oxygen atoms in total. The van der Waals surface area contributed by atoms with Crippen LogP contribution < -0.4 is 14.8 Å². The van der Waals surface area contributed by atoms with Crippen LogP contribution in [-0.2, 0) is 0 Å². The fourth-order valence-corrected chi connectivity index (χ4v) is 2.51. The van der Waals surface area contributed by atoms with Gasteiger partial charge in [-0.05, 0) is 12.1 Å². The van der Waals surface area contributed by atoms with Gasteiger partial charge in [-0.3, -0.25) is 4.79 Å². The SMILES string of the molecule is CC(=O)c1csc(Nc2ccc3c(c2)OCCO3)n1. The van der Waals surface area contributed by atoms with E-state index in [0.717, 1.165) is 17.2 Å². The van der Waals surface area contributed by atoms with Gasteiger partial charge in [-0.1, -0.05) is 0 Å². The number of fused-ring (bicyclic) bond motifs is 1. The molecule has 1 aromatic heterocycles. The van der Waals surface area contributed by atoms with Gasteiger partial charge in [-0.2, -0.15) is 0 Å². The maximum Gasteiger partial charge on any atom is 0.187 e. The molecule has 1 aliphatic rings. The molecule has 6 heteroatoms. The summed E-state index contributed by atoms with van der Waals surface area (Å²) in [5.74, 6) is 1.44. The number of hydrogen-bond donors (Lipinski definition) is 1. The zero-order valence-corrected chi connectivity index (χ0v) is 11.1. The summed E-state index contributed by atoms with van der Waals surface area (Å²) in [4.78, 5) is 15.4. The van der Waals surface area contributed by atoms with Gasteiger partial charge in [-0.25, -0.2) is 4.98 Å². The lowest BCUT2D eigenvalue weighted by molar-refractivity contribution is 0.101. The quantitative estimate of drug-likeness (QED) is 0.873. The Morgan fingerprint density at radius 3 is 2.84 bits per heavy atom. The summed E-state index contributed by atoms with van der Waals surface area (Å²) in [5, 5.41) is 5.57. The van der Waals surface area contributed by atoms with Crippen LogP contribution >= 0.6 is 11.3 Å². The van der Waals surface area contributed by atoms with Crippen LogP contribution in [0.4, 0.5) is 10.8 Å². The maximum absolute atomic E-state index is 11.2. The highest BCUT2D eigenvalue weighted by atomic mass is 32.1. The summed E-state index contributed by atoms with van der Waals surface area (Å²) in [6, 6.07) is 5.61. The van der Waals surface area contributed by atoms with Crippen LogP contribution in [0.1, 0.15) is 17.4 Å². The van der Waals surface area contributed by atoms with Crippen molar-refractivity contribution in [2.45, 2.75) is 6.92 Å². The minimum atomic E-state index is -0.0357. The first-order valence-electron chi connectivity index (χ1n) is 5.85. The minimum Gasteiger partial charge on any atom is -0.486 e. The van der Waals surface area contributed by atoms with Gasteiger partial charge < -0.3 is 14.8 Å². The van der Waals surface area contributed by atoms with Crippen LogP contribution in [0.2, 0.25) is 0 Å². The molecule has 0 saturated carbocycles. The van der Waals surface area contributed by atoms with E-state index in [1.807, 2.05) is 18.2 Å².